The SMILES string of the molecule is CCCCC(NC(=O)c1ccc(Cn2nc(C)cc2C)cc1)C(=O)O. The number of aryl methyl sites for hydroxylation is 2. The lowest BCUT2D eigenvalue weighted by Crippen LogP contribution is -2.40. The molecule has 2 N–H and O–H groups in total. The summed E-state index contributed by atoms with van der Waals surface area (Å²) in [5.74, 6) is -1.36. The number of unbranched alkanes of at least 4 members (excludes halogenated alkanes) is 1. The van der Waals surface area contributed by atoms with Crippen LogP contribution in [0.4, 0.5) is 0 Å². The molecule has 25 heavy (non-hydrogen) atoms. The molecule has 0 radical (unpaired) electrons. The molecule has 2 aromatic rings. The fraction of sp³-hybridized carbons (Fsp3) is 0.421. The summed E-state index contributed by atoms with van der Waals surface area (Å²) in [6, 6.07) is 8.34. The van der Waals surface area contributed by atoms with Crippen LogP contribution in [0.15, 0.2) is 30.3 Å². The number of hydrogen-bond donors (Lipinski definition) is 2. The second kappa shape index (κ2) is 8.46. The van der Waals surface area contributed by atoms with Crippen LogP contribution < -0.4 is 5.32 Å². The highest BCUT2D eigenvalue weighted by Crippen LogP contribution is 2.10. The van der Waals surface area contributed by atoms with E-state index in [9.17, 15) is 14.7 Å². The first-order valence-corrected chi connectivity index (χ1v) is 8.54. The van der Waals surface area contributed by atoms with Gasteiger partial charge in [-0.2, -0.15) is 5.10 Å². The van der Waals surface area contributed by atoms with Crippen LogP contribution in [0.5, 0.6) is 0 Å². The van der Waals surface area contributed by atoms with Crippen molar-refractivity contribution in [1.82, 2.24) is 15.1 Å². The summed E-state index contributed by atoms with van der Waals surface area (Å²) in [4.78, 5) is 23.5. The Hall–Kier alpha value is -2.63. The van der Waals surface area contributed by atoms with Gasteiger partial charge >= 0.3 is 5.97 Å². The zero-order chi connectivity index (χ0) is 18.4. The lowest BCUT2D eigenvalue weighted by Gasteiger charge is -2.14. The normalized spacial score (nSPS) is 12.0. The topological polar surface area (TPSA) is 84.2 Å². The first-order chi connectivity index (χ1) is 11.9. The maximum Gasteiger partial charge on any atom is 0.326 e. The van der Waals surface area contributed by atoms with Gasteiger partial charge in [0.25, 0.3) is 5.91 Å². The smallest absolute Gasteiger partial charge is 0.326 e. The van der Waals surface area contributed by atoms with E-state index in [4.69, 9.17) is 0 Å². The molecule has 0 saturated heterocycles. The van der Waals surface area contributed by atoms with Gasteiger partial charge in [-0.05, 0) is 44.0 Å². The predicted octanol–water partition coefficient (Wildman–Crippen LogP) is 2.92. The van der Waals surface area contributed by atoms with E-state index in [-0.39, 0.29) is 5.91 Å². The van der Waals surface area contributed by atoms with Gasteiger partial charge in [-0.3, -0.25) is 9.48 Å². The Balaban J connectivity index is 2.01. The molecular formula is C19H25N3O3. The minimum atomic E-state index is -0.997. The number of carbonyl (C=O) groups is 2. The van der Waals surface area contributed by atoms with Crippen molar-refractivity contribution >= 4 is 11.9 Å². The third-order valence-electron chi connectivity index (χ3n) is 4.10. The third kappa shape index (κ3) is 5.17. The van der Waals surface area contributed by atoms with Crippen LogP contribution in [0.3, 0.4) is 0 Å². The zero-order valence-corrected chi connectivity index (χ0v) is 15.0. The number of rotatable bonds is 8. The molecule has 0 aliphatic carbocycles. The summed E-state index contributed by atoms with van der Waals surface area (Å²) in [6.45, 7) is 6.58. The number of carboxylic acid groups (broad SMARTS) is 1. The number of nitrogens with one attached hydrogen (secondary N) is 1. The van der Waals surface area contributed by atoms with Crippen molar-refractivity contribution in [1.29, 1.82) is 0 Å². The fourth-order valence-corrected chi connectivity index (χ4v) is 2.68. The Morgan fingerprint density at radius 3 is 2.44 bits per heavy atom. The van der Waals surface area contributed by atoms with Crippen LogP contribution in [0, 0.1) is 13.8 Å². The van der Waals surface area contributed by atoms with Crippen LogP contribution in [0.2, 0.25) is 0 Å². The van der Waals surface area contributed by atoms with Gasteiger partial charge in [-0.25, -0.2) is 4.79 Å². The molecular weight excluding hydrogens is 318 g/mol. The fourth-order valence-electron chi connectivity index (χ4n) is 2.68. The Kier molecular flexibility index (Phi) is 6.33. The summed E-state index contributed by atoms with van der Waals surface area (Å²) in [5.41, 5.74) is 3.54. The minimum absolute atomic E-state index is 0.360. The van der Waals surface area contributed by atoms with Crippen molar-refractivity contribution in [2.75, 3.05) is 0 Å². The van der Waals surface area contributed by atoms with Crippen molar-refractivity contribution in [3.8, 4) is 0 Å². The molecule has 2 rings (SSSR count). The molecule has 1 heterocycles. The number of carbonyl (C=O) groups excluding carboxylic acids is 1. The molecule has 6 nitrogen and oxygen atoms in total. The van der Waals surface area contributed by atoms with Gasteiger partial charge in [0.15, 0.2) is 0 Å². The number of amides is 1. The molecule has 1 amide bonds. The van der Waals surface area contributed by atoms with E-state index in [1.807, 2.05) is 43.7 Å². The molecule has 0 bridgehead atoms. The molecule has 6 heteroatoms. The molecule has 1 unspecified atom stereocenters. The summed E-state index contributed by atoms with van der Waals surface area (Å²) in [5, 5.41) is 16.2. The number of aromatic nitrogens is 2. The van der Waals surface area contributed by atoms with E-state index < -0.39 is 12.0 Å². The average Bonchev–Trinajstić information content (AvgIpc) is 2.89. The molecule has 0 fully saturated rings. The quantitative estimate of drug-likeness (QED) is 0.772. The molecule has 0 aliphatic rings. The lowest BCUT2D eigenvalue weighted by atomic mass is 10.1. The molecule has 134 valence electrons. The first-order valence-electron chi connectivity index (χ1n) is 8.54. The Bertz CT molecular complexity index is 735. The molecule has 1 aromatic heterocycles. The Labute approximate surface area is 147 Å². The monoisotopic (exact) mass is 343 g/mol. The van der Waals surface area contributed by atoms with E-state index in [0.29, 0.717) is 18.5 Å². The predicted molar refractivity (Wildman–Crippen MR) is 95.7 cm³/mol. The number of benzene rings is 1. The summed E-state index contributed by atoms with van der Waals surface area (Å²) in [6.07, 6.45) is 2.09. The van der Waals surface area contributed by atoms with Gasteiger partial charge < -0.3 is 10.4 Å². The lowest BCUT2D eigenvalue weighted by molar-refractivity contribution is -0.139. The van der Waals surface area contributed by atoms with Gasteiger partial charge in [-0.15, -0.1) is 0 Å². The second-order valence-electron chi connectivity index (χ2n) is 6.29. The van der Waals surface area contributed by atoms with Gasteiger partial charge in [0.05, 0.1) is 12.2 Å². The van der Waals surface area contributed by atoms with E-state index in [1.165, 1.54) is 0 Å². The summed E-state index contributed by atoms with van der Waals surface area (Å²) in [7, 11) is 0. The van der Waals surface area contributed by atoms with Crippen LogP contribution >= 0.6 is 0 Å². The standard InChI is InChI=1S/C19H25N3O3/c1-4-5-6-17(19(24)25)20-18(23)16-9-7-15(8-10-16)12-22-14(3)11-13(2)21-22/h7-11,17H,4-6,12H2,1-3H3,(H,20,23)(H,24,25). The number of carboxylic acids is 1. The molecule has 0 aliphatic heterocycles. The average molecular weight is 343 g/mol. The van der Waals surface area contributed by atoms with E-state index in [2.05, 4.69) is 10.4 Å². The van der Waals surface area contributed by atoms with Gasteiger partial charge in [0, 0.05) is 11.3 Å². The van der Waals surface area contributed by atoms with Crippen molar-refractivity contribution in [3.63, 3.8) is 0 Å². The van der Waals surface area contributed by atoms with E-state index in [0.717, 1.165) is 29.8 Å². The van der Waals surface area contributed by atoms with Crippen LogP contribution in [0.1, 0.15) is 53.5 Å². The van der Waals surface area contributed by atoms with Crippen molar-refractivity contribution in [2.24, 2.45) is 0 Å². The van der Waals surface area contributed by atoms with Gasteiger partial charge in [0.1, 0.15) is 6.04 Å². The number of aliphatic carboxylic acids is 1. The van der Waals surface area contributed by atoms with Crippen LogP contribution in [-0.2, 0) is 11.3 Å². The highest BCUT2D eigenvalue weighted by molar-refractivity contribution is 5.96. The maximum absolute atomic E-state index is 12.3. The summed E-state index contributed by atoms with van der Waals surface area (Å²) >= 11 is 0. The largest absolute Gasteiger partial charge is 0.480 e. The number of hydrogen-bond acceptors (Lipinski definition) is 3. The van der Waals surface area contributed by atoms with Crippen molar-refractivity contribution in [3.05, 3.63) is 52.8 Å². The highest BCUT2D eigenvalue weighted by Gasteiger charge is 2.19. The zero-order valence-electron chi connectivity index (χ0n) is 15.0. The highest BCUT2D eigenvalue weighted by atomic mass is 16.4. The second-order valence-corrected chi connectivity index (χ2v) is 6.29. The molecule has 1 atom stereocenters. The number of nitrogens with zero attached hydrogens (tertiary/aromatic N) is 2. The van der Waals surface area contributed by atoms with Gasteiger partial charge in [0.2, 0.25) is 0 Å². The van der Waals surface area contributed by atoms with Crippen LogP contribution in [-0.4, -0.2) is 32.8 Å². The van der Waals surface area contributed by atoms with Crippen LogP contribution in [0.25, 0.3) is 0 Å². The molecule has 1 aromatic carbocycles. The Morgan fingerprint density at radius 2 is 1.92 bits per heavy atom. The first kappa shape index (κ1) is 18.7. The third-order valence-corrected chi connectivity index (χ3v) is 4.10. The summed E-state index contributed by atoms with van der Waals surface area (Å²) < 4.78 is 1.91. The Morgan fingerprint density at radius 1 is 1.24 bits per heavy atom. The van der Waals surface area contributed by atoms with E-state index >= 15 is 0 Å². The molecule has 0 spiro atoms. The van der Waals surface area contributed by atoms with Crippen molar-refractivity contribution < 1.29 is 14.7 Å². The minimum Gasteiger partial charge on any atom is -0.480 e. The van der Waals surface area contributed by atoms with E-state index in [1.54, 1.807) is 12.1 Å². The van der Waals surface area contributed by atoms with Crippen molar-refractivity contribution in [2.45, 2.75) is 52.6 Å². The maximum atomic E-state index is 12.3. The van der Waals surface area contributed by atoms with Gasteiger partial charge in [-0.1, -0.05) is 31.9 Å². The molecule has 0 saturated carbocycles.